The van der Waals surface area contributed by atoms with Crippen molar-refractivity contribution in [2.45, 2.75) is 52.4 Å². The fourth-order valence-corrected chi connectivity index (χ4v) is 4.39. The molecule has 0 radical (unpaired) electrons. The molecule has 1 aromatic rings. The summed E-state index contributed by atoms with van der Waals surface area (Å²) in [6.07, 6.45) is 6.54. The van der Waals surface area contributed by atoms with E-state index < -0.39 is 0 Å². The van der Waals surface area contributed by atoms with Crippen LogP contribution in [-0.4, -0.2) is 60.7 Å². The van der Waals surface area contributed by atoms with E-state index in [4.69, 9.17) is 27.9 Å². The van der Waals surface area contributed by atoms with E-state index in [1.54, 1.807) is 12.1 Å². The lowest BCUT2D eigenvalue weighted by Gasteiger charge is -2.40. The first-order valence-electron chi connectivity index (χ1n) is 11.0. The van der Waals surface area contributed by atoms with Crippen LogP contribution in [0.15, 0.2) is 12.1 Å². The standard InChI is InChI=1S/C22H33Cl2N3O3.BrH/c1-3-8-17(4-2)16-30-20(28)15-27(12-6-5-7-13-27)14-11-25-22(29)21-18(23)9-10-19(24)26-21;/h9-10,17H,3-8,11-16H2,1-2H3;1H. The zero-order chi connectivity index (χ0) is 22.0. The van der Waals surface area contributed by atoms with E-state index in [1.165, 1.54) is 6.42 Å². The van der Waals surface area contributed by atoms with Crippen molar-refractivity contribution in [3.8, 4) is 0 Å². The first kappa shape index (κ1) is 28.1. The van der Waals surface area contributed by atoms with Crippen molar-refractivity contribution in [2.24, 2.45) is 5.92 Å². The Morgan fingerprint density at radius 1 is 1.19 bits per heavy atom. The quantitative estimate of drug-likeness (QED) is 0.263. The first-order chi connectivity index (χ1) is 14.4. The third-order valence-electron chi connectivity index (χ3n) is 5.88. The van der Waals surface area contributed by atoms with E-state index in [0.717, 1.165) is 45.2 Å². The van der Waals surface area contributed by atoms with Crippen LogP contribution >= 0.6 is 23.2 Å². The number of amides is 1. The van der Waals surface area contributed by atoms with Crippen molar-refractivity contribution in [1.29, 1.82) is 0 Å². The molecule has 1 fully saturated rings. The van der Waals surface area contributed by atoms with Gasteiger partial charge in [-0.2, -0.15) is 0 Å². The second-order valence-corrected chi connectivity index (χ2v) is 8.99. The van der Waals surface area contributed by atoms with Crippen molar-refractivity contribution < 1.29 is 35.8 Å². The molecule has 0 saturated carbocycles. The normalized spacial score (nSPS) is 16.1. The molecule has 1 unspecified atom stereocenters. The van der Waals surface area contributed by atoms with Gasteiger partial charge in [0.2, 0.25) is 0 Å². The van der Waals surface area contributed by atoms with E-state index in [9.17, 15) is 9.59 Å². The summed E-state index contributed by atoms with van der Waals surface area (Å²) >= 11 is 11.9. The molecule has 6 nitrogen and oxygen atoms in total. The Morgan fingerprint density at radius 2 is 1.90 bits per heavy atom. The minimum Gasteiger partial charge on any atom is -1.00 e. The average molecular weight is 539 g/mol. The van der Waals surface area contributed by atoms with Gasteiger partial charge in [-0.15, -0.1) is 0 Å². The van der Waals surface area contributed by atoms with Gasteiger partial charge in [0, 0.05) is 0 Å². The fraction of sp³-hybridized carbons (Fsp3) is 0.682. The molecule has 0 spiro atoms. The lowest BCUT2D eigenvalue weighted by atomic mass is 10.0. The Hall–Kier alpha value is -0.890. The number of nitrogens with zero attached hydrogens (tertiary/aromatic N) is 2. The second-order valence-electron chi connectivity index (χ2n) is 8.20. The maximum atomic E-state index is 12.6. The molecule has 0 aliphatic carbocycles. The molecule has 9 heteroatoms. The van der Waals surface area contributed by atoms with Gasteiger partial charge in [0.25, 0.3) is 5.91 Å². The van der Waals surface area contributed by atoms with Gasteiger partial charge < -0.3 is 31.5 Å². The summed E-state index contributed by atoms with van der Waals surface area (Å²) in [6.45, 7) is 8.10. The predicted molar refractivity (Wildman–Crippen MR) is 120 cm³/mol. The number of quaternary nitrogens is 1. The number of nitrogens with one attached hydrogen (secondary N) is 1. The molecular formula is C22H34BrCl2N3O3. The molecule has 1 aliphatic rings. The summed E-state index contributed by atoms with van der Waals surface area (Å²) in [5.41, 5.74) is 0.121. The van der Waals surface area contributed by atoms with Crippen LogP contribution < -0.4 is 22.3 Å². The van der Waals surface area contributed by atoms with Crippen LogP contribution in [0.1, 0.15) is 62.9 Å². The number of pyridine rings is 1. The van der Waals surface area contributed by atoms with E-state index in [2.05, 4.69) is 24.1 Å². The Balaban J connectivity index is 0.00000480. The Kier molecular flexibility index (Phi) is 13.0. The highest BCUT2D eigenvalue weighted by Crippen LogP contribution is 2.20. The summed E-state index contributed by atoms with van der Waals surface area (Å²) < 4.78 is 6.27. The highest BCUT2D eigenvalue weighted by atomic mass is 79.9. The molecular weight excluding hydrogens is 505 g/mol. The summed E-state index contributed by atoms with van der Waals surface area (Å²) in [6, 6.07) is 3.10. The van der Waals surface area contributed by atoms with Crippen LogP contribution in [0, 0.1) is 5.92 Å². The van der Waals surface area contributed by atoms with Crippen LogP contribution in [0.25, 0.3) is 0 Å². The summed E-state index contributed by atoms with van der Waals surface area (Å²) in [5, 5.41) is 3.36. The van der Waals surface area contributed by atoms with Crippen LogP contribution in [0.3, 0.4) is 0 Å². The van der Waals surface area contributed by atoms with Crippen molar-refractivity contribution in [3.63, 3.8) is 0 Å². The van der Waals surface area contributed by atoms with Gasteiger partial charge in [-0.1, -0.05) is 49.9 Å². The number of aromatic nitrogens is 1. The van der Waals surface area contributed by atoms with Gasteiger partial charge in [-0.3, -0.25) is 4.79 Å². The highest BCUT2D eigenvalue weighted by molar-refractivity contribution is 6.34. The molecule has 176 valence electrons. The SMILES string of the molecule is CCCC(CC)COC(=O)C[N+]1(CCNC(=O)c2nc(Cl)ccc2Cl)CCCCC1.[Br-]. The maximum Gasteiger partial charge on any atom is 0.361 e. The predicted octanol–water partition coefficient (Wildman–Crippen LogP) is 1.49. The molecule has 1 aromatic heterocycles. The summed E-state index contributed by atoms with van der Waals surface area (Å²) in [4.78, 5) is 29.0. The first-order valence-corrected chi connectivity index (χ1v) is 11.8. The number of hydrogen-bond acceptors (Lipinski definition) is 4. The summed E-state index contributed by atoms with van der Waals surface area (Å²) in [5.74, 6) is -0.0640. The smallest absolute Gasteiger partial charge is 0.361 e. The molecule has 0 bridgehead atoms. The van der Waals surface area contributed by atoms with E-state index >= 15 is 0 Å². The number of halogens is 3. The zero-order valence-electron chi connectivity index (χ0n) is 18.5. The Morgan fingerprint density at radius 3 is 2.55 bits per heavy atom. The Labute approximate surface area is 206 Å². The van der Waals surface area contributed by atoms with Crippen molar-refractivity contribution in [3.05, 3.63) is 28.0 Å². The zero-order valence-corrected chi connectivity index (χ0v) is 21.6. The monoisotopic (exact) mass is 537 g/mol. The minimum atomic E-state index is -0.356. The third-order valence-corrected chi connectivity index (χ3v) is 6.40. The van der Waals surface area contributed by atoms with Crippen LogP contribution in [0.4, 0.5) is 0 Å². The average Bonchev–Trinajstić information content (AvgIpc) is 2.73. The van der Waals surface area contributed by atoms with Crippen molar-refractivity contribution >= 4 is 35.1 Å². The number of carbonyl (C=O) groups excluding carboxylic acids is 2. The third kappa shape index (κ3) is 9.24. The molecule has 0 aromatic carbocycles. The molecule has 1 saturated heterocycles. The van der Waals surface area contributed by atoms with Crippen molar-refractivity contribution in [1.82, 2.24) is 10.3 Å². The minimum absolute atomic E-state index is 0. The van der Waals surface area contributed by atoms with Gasteiger partial charge in [0.1, 0.15) is 10.8 Å². The second kappa shape index (κ2) is 14.3. The molecule has 1 atom stereocenters. The molecule has 1 amide bonds. The van der Waals surface area contributed by atoms with Gasteiger partial charge in [0.15, 0.2) is 6.54 Å². The molecule has 1 N–H and O–H groups in total. The maximum absolute atomic E-state index is 12.6. The largest absolute Gasteiger partial charge is 1.00 e. The molecule has 2 rings (SSSR count). The number of ether oxygens (including phenoxy) is 1. The van der Waals surface area contributed by atoms with E-state index in [-0.39, 0.29) is 44.7 Å². The van der Waals surface area contributed by atoms with Gasteiger partial charge in [-0.05, 0) is 43.7 Å². The number of likely N-dealkylation sites (tertiary alicyclic amines) is 1. The van der Waals surface area contributed by atoms with Crippen LogP contribution in [-0.2, 0) is 9.53 Å². The fourth-order valence-electron chi connectivity index (χ4n) is 4.06. The molecule has 2 heterocycles. The van der Waals surface area contributed by atoms with Crippen LogP contribution in [0.5, 0.6) is 0 Å². The number of rotatable bonds is 11. The molecule has 31 heavy (non-hydrogen) atoms. The van der Waals surface area contributed by atoms with Gasteiger partial charge >= 0.3 is 5.97 Å². The summed E-state index contributed by atoms with van der Waals surface area (Å²) in [7, 11) is 0. The highest BCUT2D eigenvalue weighted by Gasteiger charge is 2.33. The number of hydrogen-bond donors (Lipinski definition) is 1. The van der Waals surface area contributed by atoms with Crippen molar-refractivity contribution in [2.75, 3.05) is 39.3 Å². The van der Waals surface area contributed by atoms with Gasteiger partial charge in [0.05, 0.1) is 37.8 Å². The number of carbonyl (C=O) groups is 2. The number of piperidine rings is 1. The Bertz CT molecular complexity index is 715. The number of esters is 1. The van der Waals surface area contributed by atoms with Gasteiger partial charge in [-0.25, -0.2) is 9.78 Å². The molecule has 1 aliphatic heterocycles. The van der Waals surface area contributed by atoms with E-state index in [1.807, 2.05) is 0 Å². The van der Waals surface area contributed by atoms with Crippen LogP contribution in [0.2, 0.25) is 10.2 Å². The van der Waals surface area contributed by atoms with E-state index in [0.29, 0.717) is 36.6 Å². The topological polar surface area (TPSA) is 68.3 Å². The lowest BCUT2D eigenvalue weighted by molar-refractivity contribution is -0.924. The lowest BCUT2D eigenvalue weighted by Crippen LogP contribution is -3.00.